The molecule has 1 spiro atoms. The van der Waals surface area contributed by atoms with E-state index in [0.29, 0.717) is 23.5 Å². The van der Waals surface area contributed by atoms with Crippen LogP contribution in [0.3, 0.4) is 0 Å². The molecule has 238 valence electrons. The molecule has 2 amide bonds. The first-order chi connectivity index (χ1) is 21.4. The SMILES string of the molecule is CC[C@H](C)[C@H](NC(=O)Cc1c(-c2ccc(OC)cc2)oc2c1C(=O)[C@@]1(Oc3c(Cl)c(OC)cc(OC)c3C1=O)[C@H](C)C2)C(N)=O. The maximum absolute atomic E-state index is 14.7. The van der Waals surface area contributed by atoms with Crippen LogP contribution in [0, 0.1) is 11.8 Å². The van der Waals surface area contributed by atoms with E-state index in [-0.39, 0.29) is 63.5 Å². The van der Waals surface area contributed by atoms with Crippen molar-refractivity contribution in [2.24, 2.45) is 17.6 Å². The van der Waals surface area contributed by atoms with Crippen molar-refractivity contribution in [3.05, 3.63) is 57.8 Å². The molecular weight excluding hydrogens is 604 g/mol. The first-order valence-corrected chi connectivity index (χ1v) is 14.9. The number of carbonyl (C=O) groups is 4. The summed E-state index contributed by atoms with van der Waals surface area (Å²) in [5, 5.41) is 2.74. The van der Waals surface area contributed by atoms with Crippen molar-refractivity contribution >= 4 is 35.0 Å². The molecule has 1 aliphatic heterocycles. The number of hydrogen-bond acceptors (Lipinski definition) is 9. The molecule has 12 heteroatoms. The lowest BCUT2D eigenvalue weighted by atomic mass is 9.70. The summed E-state index contributed by atoms with van der Waals surface area (Å²) >= 11 is 6.58. The van der Waals surface area contributed by atoms with E-state index in [2.05, 4.69) is 5.32 Å². The highest BCUT2D eigenvalue weighted by Gasteiger charge is 2.63. The number of amides is 2. The van der Waals surface area contributed by atoms with E-state index in [0.717, 1.165) is 0 Å². The summed E-state index contributed by atoms with van der Waals surface area (Å²) < 4.78 is 28.7. The summed E-state index contributed by atoms with van der Waals surface area (Å²) in [6, 6.07) is 7.47. The van der Waals surface area contributed by atoms with Gasteiger partial charge in [-0.05, 0) is 30.2 Å². The van der Waals surface area contributed by atoms with Crippen LogP contribution in [0.1, 0.15) is 59.2 Å². The zero-order chi connectivity index (χ0) is 32.8. The Hall–Kier alpha value is -4.51. The summed E-state index contributed by atoms with van der Waals surface area (Å²) in [5.41, 5.74) is 4.52. The molecule has 11 nitrogen and oxygen atoms in total. The number of fused-ring (bicyclic) bond motifs is 2. The average molecular weight is 639 g/mol. The zero-order valence-corrected chi connectivity index (χ0v) is 26.6. The van der Waals surface area contributed by atoms with Gasteiger partial charge in [0.15, 0.2) is 5.75 Å². The number of rotatable bonds is 10. The summed E-state index contributed by atoms with van der Waals surface area (Å²) in [4.78, 5) is 54.6. The van der Waals surface area contributed by atoms with E-state index in [9.17, 15) is 19.2 Å². The minimum absolute atomic E-state index is 0.0162. The van der Waals surface area contributed by atoms with E-state index in [1.807, 2.05) is 13.8 Å². The second-order valence-electron chi connectivity index (χ2n) is 11.3. The Bertz CT molecular complexity index is 1700. The smallest absolute Gasteiger partial charge is 0.240 e. The van der Waals surface area contributed by atoms with Crippen LogP contribution in [0.5, 0.6) is 23.0 Å². The topological polar surface area (TPSA) is 156 Å². The Kier molecular flexibility index (Phi) is 8.59. The summed E-state index contributed by atoms with van der Waals surface area (Å²) in [5.74, 6) is -1.90. The minimum atomic E-state index is -2.00. The van der Waals surface area contributed by atoms with Gasteiger partial charge < -0.3 is 34.4 Å². The number of carbonyl (C=O) groups excluding carboxylic acids is 4. The van der Waals surface area contributed by atoms with Gasteiger partial charge in [0.2, 0.25) is 29.0 Å². The Morgan fingerprint density at radius 1 is 1.07 bits per heavy atom. The van der Waals surface area contributed by atoms with Crippen molar-refractivity contribution in [2.45, 2.75) is 51.7 Å². The van der Waals surface area contributed by atoms with Gasteiger partial charge in [0.05, 0.1) is 33.3 Å². The van der Waals surface area contributed by atoms with Gasteiger partial charge in [-0.15, -0.1) is 0 Å². The fourth-order valence-corrected chi connectivity index (χ4v) is 6.36. The second kappa shape index (κ2) is 12.1. The first kappa shape index (κ1) is 31.9. The number of benzene rings is 2. The van der Waals surface area contributed by atoms with Crippen LogP contribution in [0.2, 0.25) is 5.02 Å². The van der Waals surface area contributed by atoms with Crippen LogP contribution in [0.25, 0.3) is 11.3 Å². The van der Waals surface area contributed by atoms with Crippen LogP contribution in [0.15, 0.2) is 34.7 Å². The molecule has 0 unspecified atom stereocenters. The van der Waals surface area contributed by atoms with Crippen molar-refractivity contribution in [1.29, 1.82) is 0 Å². The van der Waals surface area contributed by atoms with Crippen molar-refractivity contribution in [1.82, 2.24) is 5.32 Å². The van der Waals surface area contributed by atoms with E-state index >= 15 is 0 Å². The molecule has 45 heavy (non-hydrogen) atoms. The van der Waals surface area contributed by atoms with Crippen molar-refractivity contribution in [2.75, 3.05) is 21.3 Å². The third-order valence-electron chi connectivity index (χ3n) is 8.77. The van der Waals surface area contributed by atoms with Crippen LogP contribution in [-0.4, -0.2) is 56.4 Å². The van der Waals surface area contributed by atoms with Gasteiger partial charge in [-0.2, -0.15) is 0 Å². The summed E-state index contributed by atoms with van der Waals surface area (Å²) in [6.07, 6.45) is 0.400. The number of nitrogens with one attached hydrogen (secondary N) is 1. The lowest BCUT2D eigenvalue weighted by Crippen LogP contribution is -2.56. The number of nitrogens with two attached hydrogens (primary N) is 1. The predicted molar refractivity (Wildman–Crippen MR) is 164 cm³/mol. The largest absolute Gasteiger partial charge is 0.497 e. The van der Waals surface area contributed by atoms with Crippen LogP contribution < -0.4 is 30.0 Å². The average Bonchev–Trinajstić information content (AvgIpc) is 3.54. The maximum atomic E-state index is 14.7. The number of primary amides is 1. The number of Topliss-reactive ketones (excluding diaryl/α,β-unsaturated/α-hetero) is 2. The van der Waals surface area contributed by atoms with Crippen molar-refractivity contribution in [3.8, 4) is 34.3 Å². The van der Waals surface area contributed by atoms with E-state index in [4.69, 9.17) is 40.7 Å². The highest BCUT2D eigenvalue weighted by atomic mass is 35.5. The van der Waals surface area contributed by atoms with Gasteiger partial charge >= 0.3 is 0 Å². The lowest BCUT2D eigenvalue weighted by Gasteiger charge is -2.35. The number of ether oxygens (including phenoxy) is 4. The Labute approximate surface area is 265 Å². The number of hydrogen-bond donors (Lipinski definition) is 2. The van der Waals surface area contributed by atoms with Gasteiger partial charge in [0.1, 0.15) is 45.4 Å². The Morgan fingerprint density at radius 3 is 2.29 bits per heavy atom. The van der Waals surface area contributed by atoms with E-state index in [1.165, 1.54) is 27.4 Å². The molecule has 0 radical (unpaired) electrons. The highest BCUT2D eigenvalue weighted by Crippen LogP contribution is 2.54. The third kappa shape index (κ3) is 5.08. The van der Waals surface area contributed by atoms with E-state index in [1.54, 1.807) is 31.2 Å². The van der Waals surface area contributed by atoms with Crippen LogP contribution in [0.4, 0.5) is 0 Å². The van der Waals surface area contributed by atoms with Crippen molar-refractivity contribution < 1.29 is 42.5 Å². The molecule has 4 atom stereocenters. The van der Waals surface area contributed by atoms with Gasteiger partial charge in [0.25, 0.3) is 0 Å². The fourth-order valence-electron chi connectivity index (χ4n) is 6.09. The standard InChI is InChI=1S/C33H35ClN2O9/c1-7-15(2)27(32(35)40)36-23(37)13-19-24-21(44-28(19)17-8-10-18(41-4)11-9-17)12-16(3)33(30(24)38)31(39)25-20(42-5)14-22(43-6)26(34)29(25)45-33/h8-11,14-16,27H,7,12-13H2,1-6H3,(H2,35,40)(H,36,37)/t15-,16+,27-,33-/m0/s1. The molecule has 0 fully saturated rings. The number of methoxy groups -OCH3 is 3. The molecule has 2 aromatic carbocycles. The quantitative estimate of drug-likeness (QED) is 0.304. The molecule has 3 N–H and O–H groups in total. The molecule has 1 aliphatic carbocycles. The van der Waals surface area contributed by atoms with Crippen molar-refractivity contribution in [3.63, 3.8) is 0 Å². The minimum Gasteiger partial charge on any atom is -0.497 e. The zero-order valence-electron chi connectivity index (χ0n) is 25.9. The van der Waals surface area contributed by atoms with Gasteiger partial charge in [-0.3, -0.25) is 19.2 Å². The summed E-state index contributed by atoms with van der Waals surface area (Å²) in [6.45, 7) is 5.41. The van der Waals surface area contributed by atoms with E-state index < -0.39 is 40.9 Å². The molecule has 0 saturated carbocycles. The Morgan fingerprint density at radius 2 is 1.71 bits per heavy atom. The van der Waals surface area contributed by atoms with Gasteiger partial charge in [0, 0.05) is 29.5 Å². The first-order valence-electron chi connectivity index (χ1n) is 14.5. The molecular formula is C33H35ClN2O9. The number of halogens is 1. The molecule has 0 saturated heterocycles. The van der Waals surface area contributed by atoms with Gasteiger partial charge in [-0.1, -0.05) is 38.8 Å². The Balaban J connectivity index is 1.64. The molecule has 2 heterocycles. The normalized spacial score (nSPS) is 19.8. The third-order valence-corrected chi connectivity index (χ3v) is 9.13. The molecule has 1 aromatic heterocycles. The molecule has 3 aromatic rings. The van der Waals surface area contributed by atoms with Gasteiger partial charge in [-0.25, -0.2) is 0 Å². The number of furan rings is 1. The maximum Gasteiger partial charge on any atom is 0.240 e. The monoisotopic (exact) mass is 638 g/mol. The number of ketones is 2. The molecule has 0 bridgehead atoms. The fraction of sp³-hybridized carbons (Fsp3) is 0.394. The second-order valence-corrected chi connectivity index (χ2v) is 11.7. The summed E-state index contributed by atoms with van der Waals surface area (Å²) in [7, 11) is 4.34. The van der Waals surface area contributed by atoms with Crippen LogP contribution >= 0.6 is 11.6 Å². The predicted octanol–water partition coefficient (Wildman–Crippen LogP) is 4.57. The van der Waals surface area contributed by atoms with Crippen LogP contribution in [-0.2, 0) is 22.4 Å². The molecule has 5 rings (SSSR count). The highest BCUT2D eigenvalue weighted by molar-refractivity contribution is 6.36. The molecule has 2 aliphatic rings. The lowest BCUT2D eigenvalue weighted by molar-refractivity contribution is -0.128.